The summed E-state index contributed by atoms with van der Waals surface area (Å²) >= 11 is 0. The van der Waals surface area contributed by atoms with Crippen LogP contribution in [0.1, 0.15) is 70.6 Å². The third kappa shape index (κ3) is 4.57. The smallest absolute Gasteiger partial charge is 0.140 e. The Balaban J connectivity index is 1.53. The number of hydroxylamine groups is 2. The minimum Gasteiger partial charge on any atom is -0.762 e. The summed E-state index contributed by atoms with van der Waals surface area (Å²) in [7, 11) is 0. The van der Waals surface area contributed by atoms with Crippen molar-refractivity contribution >= 4 is 5.78 Å². The van der Waals surface area contributed by atoms with E-state index in [0.717, 1.165) is 71.0 Å². The van der Waals surface area contributed by atoms with Gasteiger partial charge in [-0.2, -0.15) is 0 Å². The third-order valence-electron chi connectivity index (χ3n) is 6.56. The molecular weight excluding hydrogens is 304 g/mol. The molecule has 3 atom stereocenters. The molecule has 24 heavy (non-hydrogen) atoms. The highest BCUT2D eigenvalue weighted by molar-refractivity contribution is 5.83. The van der Waals surface area contributed by atoms with Gasteiger partial charge in [-0.05, 0) is 51.0 Å². The molecule has 2 aliphatic carbocycles. The standard InChI is InChI=1S/C19H33N2O3/c22-19(15-7-2-1-3-8-15)17-10-6-12-20(14-17)13-16-9-4-5-11-18(16)21(23)24/h15-18,23H,1-14H2/q-1. The minimum absolute atomic E-state index is 0.193. The van der Waals surface area contributed by atoms with Gasteiger partial charge in [-0.1, -0.05) is 32.1 Å². The minimum atomic E-state index is -0.256. The fourth-order valence-electron chi connectivity index (χ4n) is 5.20. The summed E-state index contributed by atoms with van der Waals surface area (Å²) in [6.45, 7) is 2.75. The Morgan fingerprint density at radius 2 is 1.62 bits per heavy atom. The van der Waals surface area contributed by atoms with Crippen LogP contribution in [-0.2, 0) is 4.79 Å². The predicted molar refractivity (Wildman–Crippen MR) is 93.5 cm³/mol. The highest BCUT2D eigenvalue weighted by Crippen LogP contribution is 2.32. The zero-order valence-corrected chi connectivity index (χ0v) is 14.9. The molecule has 138 valence electrons. The number of carbonyl (C=O) groups is 1. The van der Waals surface area contributed by atoms with Gasteiger partial charge >= 0.3 is 0 Å². The molecule has 5 heteroatoms. The lowest BCUT2D eigenvalue weighted by atomic mass is 9.78. The van der Waals surface area contributed by atoms with Gasteiger partial charge in [0.1, 0.15) is 5.78 Å². The van der Waals surface area contributed by atoms with E-state index in [-0.39, 0.29) is 23.1 Å². The first-order chi connectivity index (χ1) is 11.6. The first kappa shape index (κ1) is 18.3. The van der Waals surface area contributed by atoms with Crippen LogP contribution in [0.5, 0.6) is 0 Å². The fourth-order valence-corrected chi connectivity index (χ4v) is 5.20. The van der Waals surface area contributed by atoms with Gasteiger partial charge in [0.15, 0.2) is 0 Å². The van der Waals surface area contributed by atoms with Gasteiger partial charge in [0.25, 0.3) is 0 Å². The number of Topliss-reactive ketones (excluding diaryl/α,β-unsaturated/α-hetero) is 1. The largest absolute Gasteiger partial charge is 0.762 e. The van der Waals surface area contributed by atoms with Crippen molar-refractivity contribution in [3.8, 4) is 0 Å². The molecule has 3 fully saturated rings. The maximum atomic E-state index is 12.8. The summed E-state index contributed by atoms with van der Waals surface area (Å²) < 4.78 is 0. The topological polar surface area (TPSA) is 66.8 Å². The molecule has 0 radical (unpaired) electrons. The quantitative estimate of drug-likeness (QED) is 0.777. The van der Waals surface area contributed by atoms with E-state index in [1.165, 1.54) is 19.3 Å². The average Bonchev–Trinajstić information content (AvgIpc) is 2.62. The molecule has 3 rings (SSSR count). The van der Waals surface area contributed by atoms with E-state index in [4.69, 9.17) is 0 Å². The van der Waals surface area contributed by atoms with Gasteiger partial charge in [0.2, 0.25) is 0 Å². The molecule has 0 aromatic rings. The molecule has 0 spiro atoms. The summed E-state index contributed by atoms with van der Waals surface area (Å²) in [4.78, 5) is 15.2. The molecule has 3 unspecified atom stereocenters. The zero-order chi connectivity index (χ0) is 16.9. The maximum absolute atomic E-state index is 12.8. The highest BCUT2D eigenvalue weighted by Gasteiger charge is 2.34. The van der Waals surface area contributed by atoms with Crippen LogP contribution < -0.4 is 0 Å². The molecule has 1 aliphatic heterocycles. The van der Waals surface area contributed by atoms with Crippen LogP contribution >= 0.6 is 0 Å². The number of likely N-dealkylation sites (tertiary alicyclic amines) is 1. The van der Waals surface area contributed by atoms with Crippen molar-refractivity contribution in [3.63, 3.8) is 0 Å². The summed E-state index contributed by atoms with van der Waals surface area (Å²) in [5.74, 6) is 1.25. The monoisotopic (exact) mass is 337 g/mol. The Morgan fingerprint density at radius 1 is 0.958 bits per heavy atom. The Bertz CT molecular complexity index is 409. The molecule has 1 heterocycles. The molecule has 0 amide bonds. The van der Waals surface area contributed by atoms with Crippen LogP contribution in [0.3, 0.4) is 0 Å². The first-order valence-corrected chi connectivity index (χ1v) is 10.1. The van der Waals surface area contributed by atoms with Crippen molar-refractivity contribution in [2.24, 2.45) is 17.8 Å². The number of hydrogen-bond donors (Lipinski definition) is 1. The lowest BCUT2D eigenvalue weighted by Crippen LogP contribution is -2.47. The Hall–Kier alpha value is -0.490. The first-order valence-electron chi connectivity index (χ1n) is 10.1. The van der Waals surface area contributed by atoms with E-state index in [9.17, 15) is 15.2 Å². The average molecular weight is 337 g/mol. The zero-order valence-electron chi connectivity index (χ0n) is 14.9. The van der Waals surface area contributed by atoms with Gasteiger partial charge in [-0.3, -0.25) is 10.0 Å². The van der Waals surface area contributed by atoms with Gasteiger partial charge in [0.05, 0.1) is 0 Å². The summed E-state index contributed by atoms with van der Waals surface area (Å²) in [5.41, 5.74) is 0. The summed E-state index contributed by atoms with van der Waals surface area (Å²) in [6, 6.07) is -0.256. The van der Waals surface area contributed by atoms with E-state index in [2.05, 4.69) is 4.90 Å². The molecule has 0 aromatic heterocycles. The van der Waals surface area contributed by atoms with Crippen LogP contribution in [-0.4, -0.2) is 46.8 Å². The maximum Gasteiger partial charge on any atom is 0.140 e. The van der Waals surface area contributed by atoms with Crippen molar-refractivity contribution < 1.29 is 10.0 Å². The van der Waals surface area contributed by atoms with Gasteiger partial charge in [0, 0.05) is 31.0 Å². The van der Waals surface area contributed by atoms with Crippen molar-refractivity contribution in [3.05, 3.63) is 5.21 Å². The van der Waals surface area contributed by atoms with Crippen LogP contribution in [0, 0.1) is 23.0 Å². The molecular formula is C19H33N2O3-. The van der Waals surface area contributed by atoms with Crippen molar-refractivity contribution in [2.75, 3.05) is 19.6 Å². The number of ketones is 1. The van der Waals surface area contributed by atoms with Crippen LogP contribution in [0.2, 0.25) is 0 Å². The lowest BCUT2D eigenvalue weighted by Gasteiger charge is -2.43. The van der Waals surface area contributed by atoms with E-state index < -0.39 is 0 Å². The van der Waals surface area contributed by atoms with Crippen molar-refractivity contribution in [2.45, 2.75) is 76.7 Å². The van der Waals surface area contributed by atoms with E-state index in [1.807, 2.05) is 0 Å². The molecule has 0 aromatic carbocycles. The van der Waals surface area contributed by atoms with E-state index in [1.54, 1.807) is 0 Å². The lowest BCUT2D eigenvalue weighted by molar-refractivity contribution is -0.130. The van der Waals surface area contributed by atoms with E-state index in [0.29, 0.717) is 11.7 Å². The van der Waals surface area contributed by atoms with Crippen LogP contribution in [0.25, 0.3) is 0 Å². The normalized spacial score (nSPS) is 33.7. The van der Waals surface area contributed by atoms with E-state index >= 15 is 0 Å². The Labute approximate surface area is 145 Å². The molecule has 2 saturated carbocycles. The van der Waals surface area contributed by atoms with Crippen molar-refractivity contribution in [1.29, 1.82) is 0 Å². The Morgan fingerprint density at radius 3 is 2.38 bits per heavy atom. The summed E-state index contributed by atoms with van der Waals surface area (Å²) in [5, 5.41) is 21.0. The SMILES string of the molecule is O=C(C1CCCCC1)C1CCCN(CC2CCCCC2N([O-])O)C1. The second kappa shape index (κ2) is 8.75. The number of rotatable bonds is 5. The van der Waals surface area contributed by atoms with Crippen molar-refractivity contribution in [1.82, 2.24) is 10.1 Å². The second-order valence-corrected chi connectivity index (χ2v) is 8.25. The number of carbonyl (C=O) groups excluding carboxylic acids is 1. The van der Waals surface area contributed by atoms with Gasteiger partial charge in [-0.15, -0.1) is 0 Å². The van der Waals surface area contributed by atoms with Gasteiger partial charge in [-0.25, -0.2) is 0 Å². The molecule has 0 bridgehead atoms. The van der Waals surface area contributed by atoms with Crippen LogP contribution in [0.15, 0.2) is 0 Å². The third-order valence-corrected chi connectivity index (χ3v) is 6.56. The molecule has 1 saturated heterocycles. The van der Waals surface area contributed by atoms with Crippen LogP contribution in [0.4, 0.5) is 0 Å². The second-order valence-electron chi connectivity index (χ2n) is 8.25. The summed E-state index contributed by atoms with van der Waals surface area (Å²) in [6.07, 6.45) is 12.0. The molecule has 5 nitrogen and oxygen atoms in total. The molecule has 1 N–H and O–H groups in total. The van der Waals surface area contributed by atoms with Gasteiger partial charge < -0.3 is 15.3 Å². The Kier molecular flexibility index (Phi) is 6.67. The number of hydrogen-bond acceptors (Lipinski definition) is 5. The highest BCUT2D eigenvalue weighted by atomic mass is 16.8. The fraction of sp³-hybridized carbons (Fsp3) is 0.947. The molecule has 3 aliphatic rings. The predicted octanol–water partition coefficient (Wildman–Crippen LogP) is 3.60. The number of nitrogens with zero attached hydrogens (tertiary/aromatic N) is 2. The number of piperidine rings is 1.